The average Bonchev–Trinajstić information content (AvgIpc) is 3.24. The zero-order chi connectivity index (χ0) is 24.7. The number of imide groups is 1. The van der Waals surface area contributed by atoms with E-state index >= 15 is 0 Å². The molecule has 4 rings (SSSR count). The van der Waals surface area contributed by atoms with Crippen LogP contribution < -0.4 is 21.1 Å². The van der Waals surface area contributed by atoms with E-state index in [2.05, 4.69) is 16.7 Å². The standard InChI is InChI=1S/C25H28N4O5/c1-15-4-5-16(2)17(12-15)13-34-19-8-6-18(7-9-19)25(20(26)30)10-11-29(22(25)32)14-24(3)21(31)27-23(33)28-24/h4-9,12H,10-11,13-14H2,1-3H3,(H2,26,30)(H2,27,28,31,33). The molecular formula is C25H28N4O5. The summed E-state index contributed by atoms with van der Waals surface area (Å²) in [5.74, 6) is -1.16. The Balaban J connectivity index is 1.51. The first kappa shape index (κ1) is 23.3. The fraction of sp³-hybridized carbons (Fsp3) is 0.360. The van der Waals surface area contributed by atoms with Crippen molar-refractivity contribution in [3.63, 3.8) is 0 Å². The second-order valence-corrected chi connectivity index (χ2v) is 9.23. The number of nitrogens with zero attached hydrogens (tertiary/aromatic N) is 1. The Labute approximate surface area is 197 Å². The third-order valence-electron chi connectivity index (χ3n) is 6.70. The van der Waals surface area contributed by atoms with Crippen LogP contribution in [-0.2, 0) is 26.4 Å². The molecule has 2 aliphatic heterocycles. The number of amides is 5. The van der Waals surface area contributed by atoms with E-state index < -0.39 is 34.7 Å². The van der Waals surface area contributed by atoms with E-state index in [1.807, 2.05) is 26.0 Å². The lowest BCUT2D eigenvalue weighted by Crippen LogP contribution is -2.55. The maximum absolute atomic E-state index is 13.4. The molecule has 2 heterocycles. The van der Waals surface area contributed by atoms with Gasteiger partial charge < -0.3 is 20.7 Å². The van der Waals surface area contributed by atoms with Crippen LogP contribution in [0.4, 0.5) is 4.79 Å². The summed E-state index contributed by atoms with van der Waals surface area (Å²) < 4.78 is 5.91. The lowest BCUT2D eigenvalue weighted by molar-refractivity contribution is -0.139. The van der Waals surface area contributed by atoms with E-state index in [9.17, 15) is 19.2 Å². The average molecular weight is 465 g/mol. The van der Waals surface area contributed by atoms with Crippen molar-refractivity contribution < 1.29 is 23.9 Å². The minimum Gasteiger partial charge on any atom is -0.489 e. The van der Waals surface area contributed by atoms with Gasteiger partial charge in [0.2, 0.25) is 11.8 Å². The van der Waals surface area contributed by atoms with Gasteiger partial charge in [-0.3, -0.25) is 19.7 Å². The summed E-state index contributed by atoms with van der Waals surface area (Å²) in [6.07, 6.45) is 0.176. The first-order valence-electron chi connectivity index (χ1n) is 11.1. The molecule has 0 aliphatic carbocycles. The largest absolute Gasteiger partial charge is 0.489 e. The summed E-state index contributed by atoms with van der Waals surface area (Å²) in [4.78, 5) is 51.1. The molecule has 0 bridgehead atoms. The van der Waals surface area contributed by atoms with Gasteiger partial charge in [-0.15, -0.1) is 0 Å². The molecule has 2 fully saturated rings. The number of nitrogens with two attached hydrogens (primary N) is 1. The van der Waals surface area contributed by atoms with Crippen LogP contribution in [0.3, 0.4) is 0 Å². The lowest BCUT2D eigenvalue weighted by Gasteiger charge is -2.29. The molecule has 0 saturated carbocycles. The number of likely N-dealkylation sites (tertiary alicyclic amines) is 1. The van der Waals surface area contributed by atoms with Crippen molar-refractivity contribution in [1.82, 2.24) is 15.5 Å². The van der Waals surface area contributed by atoms with Gasteiger partial charge in [0, 0.05) is 6.54 Å². The number of primary amides is 1. The number of urea groups is 1. The maximum atomic E-state index is 13.4. The minimum absolute atomic E-state index is 0.0600. The van der Waals surface area contributed by atoms with Crippen molar-refractivity contribution in [2.24, 2.45) is 5.73 Å². The Bertz CT molecular complexity index is 1180. The normalized spacial score (nSPS) is 24.2. The Morgan fingerprint density at radius 3 is 2.44 bits per heavy atom. The van der Waals surface area contributed by atoms with Crippen LogP contribution in [-0.4, -0.2) is 47.3 Å². The molecule has 0 aromatic heterocycles. The lowest BCUT2D eigenvalue weighted by atomic mass is 9.78. The van der Waals surface area contributed by atoms with Crippen LogP contribution in [0.15, 0.2) is 42.5 Å². The maximum Gasteiger partial charge on any atom is 0.322 e. The smallest absolute Gasteiger partial charge is 0.322 e. The van der Waals surface area contributed by atoms with Crippen LogP contribution in [0.25, 0.3) is 0 Å². The number of carbonyl (C=O) groups excluding carboxylic acids is 4. The van der Waals surface area contributed by atoms with Crippen molar-refractivity contribution >= 4 is 23.8 Å². The molecule has 2 atom stereocenters. The summed E-state index contributed by atoms with van der Waals surface area (Å²) in [6, 6.07) is 12.3. The van der Waals surface area contributed by atoms with E-state index in [4.69, 9.17) is 10.5 Å². The second-order valence-electron chi connectivity index (χ2n) is 9.23. The summed E-state index contributed by atoms with van der Waals surface area (Å²) in [6.45, 7) is 6.15. The fourth-order valence-corrected chi connectivity index (χ4v) is 4.60. The van der Waals surface area contributed by atoms with Crippen LogP contribution in [0.2, 0.25) is 0 Å². The van der Waals surface area contributed by atoms with Gasteiger partial charge in [-0.25, -0.2) is 4.79 Å². The molecule has 2 unspecified atom stereocenters. The van der Waals surface area contributed by atoms with Gasteiger partial charge in [0.1, 0.15) is 17.9 Å². The SMILES string of the molecule is Cc1ccc(C)c(COc2ccc(C3(C(N)=O)CCN(CC4(C)NC(=O)NC4=O)C3=O)cc2)c1. The molecule has 0 spiro atoms. The molecule has 2 aromatic rings. The van der Waals surface area contributed by atoms with Crippen LogP contribution >= 0.6 is 0 Å². The topological polar surface area (TPSA) is 131 Å². The van der Waals surface area contributed by atoms with Crippen molar-refractivity contribution in [3.05, 3.63) is 64.7 Å². The number of aryl methyl sites for hydroxylation is 2. The molecule has 9 nitrogen and oxygen atoms in total. The van der Waals surface area contributed by atoms with Gasteiger partial charge in [0.05, 0.1) is 6.54 Å². The van der Waals surface area contributed by atoms with E-state index in [1.165, 1.54) is 11.8 Å². The van der Waals surface area contributed by atoms with Crippen molar-refractivity contribution in [2.75, 3.05) is 13.1 Å². The number of rotatable bonds is 7. The molecule has 4 N–H and O–H groups in total. The quantitative estimate of drug-likeness (QED) is 0.422. The zero-order valence-electron chi connectivity index (χ0n) is 19.4. The summed E-state index contributed by atoms with van der Waals surface area (Å²) in [5, 5.41) is 4.72. The number of benzene rings is 2. The van der Waals surface area contributed by atoms with Gasteiger partial charge in [-0.2, -0.15) is 0 Å². The predicted molar refractivity (Wildman–Crippen MR) is 124 cm³/mol. The number of carbonyl (C=O) groups is 4. The number of ether oxygens (including phenoxy) is 1. The van der Waals surface area contributed by atoms with Crippen molar-refractivity contribution in [3.8, 4) is 5.75 Å². The molecule has 5 amide bonds. The highest BCUT2D eigenvalue weighted by Gasteiger charge is 2.55. The van der Waals surface area contributed by atoms with Crippen molar-refractivity contribution in [1.29, 1.82) is 0 Å². The predicted octanol–water partition coefficient (Wildman–Crippen LogP) is 1.44. The zero-order valence-corrected chi connectivity index (χ0v) is 19.4. The highest BCUT2D eigenvalue weighted by molar-refractivity contribution is 6.12. The Hall–Kier alpha value is -3.88. The second kappa shape index (κ2) is 8.48. The van der Waals surface area contributed by atoms with Crippen LogP contribution in [0, 0.1) is 13.8 Å². The van der Waals surface area contributed by atoms with Gasteiger partial charge >= 0.3 is 6.03 Å². The van der Waals surface area contributed by atoms with E-state index in [1.54, 1.807) is 24.3 Å². The molecule has 2 aliphatic rings. The summed E-state index contributed by atoms with van der Waals surface area (Å²) in [5.41, 5.74) is 6.76. The first-order valence-corrected chi connectivity index (χ1v) is 11.1. The molecule has 0 radical (unpaired) electrons. The Kier molecular flexibility index (Phi) is 5.80. The van der Waals surface area contributed by atoms with Gasteiger partial charge in [-0.05, 0) is 56.0 Å². The molecule has 9 heteroatoms. The molecule has 34 heavy (non-hydrogen) atoms. The van der Waals surface area contributed by atoms with E-state index in [0.29, 0.717) is 17.9 Å². The van der Waals surface area contributed by atoms with Gasteiger partial charge in [-0.1, -0.05) is 35.9 Å². The molecule has 2 aromatic carbocycles. The number of nitrogens with one attached hydrogen (secondary N) is 2. The van der Waals surface area contributed by atoms with Crippen molar-refractivity contribution in [2.45, 2.75) is 44.8 Å². The van der Waals surface area contributed by atoms with Gasteiger partial charge in [0.25, 0.3) is 5.91 Å². The third kappa shape index (κ3) is 3.98. The van der Waals surface area contributed by atoms with Crippen LogP contribution in [0.1, 0.15) is 35.6 Å². The fourth-order valence-electron chi connectivity index (χ4n) is 4.60. The van der Waals surface area contributed by atoms with Crippen LogP contribution in [0.5, 0.6) is 5.75 Å². The number of hydrogen-bond acceptors (Lipinski definition) is 5. The summed E-state index contributed by atoms with van der Waals surface area (Å²) >= 11 is 0. The van der Waals surface area contributed by atoms with E-state index in [0.717, 1.165) is 16.7 Å². The third-order valence-corrected chi connectivity index (χ3v) is 6.70. The van der Waals surface area contributed by atoms with E-state index in [-0.39, 0.29) is 19.5 Å². The molecular weight excluding hydrogens is 436 g/mol. The summed E-state index contributed by atoms with van der Waals surface area (Å²) in [7, 11) is 0. The molecule has 2 saturated heterocycles. The Morgan fingerprint density at radius 2 is 1.82 bits per heavy atom. The number of hydrogen-bond donors (Lipinski definition) is 3. The minimum atomic E-state index is -1.54. The highest BCUT2D eigenvalue weighted by atomic mass is 16.5. The first-order chi connectivity index (χ1) is 16.0. The molecule has 178 valence electrons. The monoisotopic (exact) mass is 464 g/mol. The van der Waals surface area contributed by atoms with Gasteiger partial charge in [0.15, 0.2) is 5.41 Å². The highest BCUT2D eigenvalue weighted by Crippen LogP contribution is 2.37. The Morgan fingerprint density at radius 1 is 1.12 bits per heavy atom.